The van der Waals surface area contributed by atoms with Crippen molar-refractivity contribution < 1.29 is 24.1 Å². The van der Waals surface area contributed by atoms with Crippen LogP contribution in [0.4, 0.5) is 0 Å². The predicted molar refractivity (Wildman–Crippen MR) is 79.7 cm³/mol. The highest BCUT2D eigenvalue weighted by Gasteiger charge is 2.18. The van der Waals surface area contributed by atoms with Gasteiger partial charge in [-0.15, -0.1) is 6.58 Å². The molecule has 3 atom stereocenters. The third kappa shape index (κ3) is 7.99. The Hall–Kier alpha value is -1.17. The van der Waals surface area contributed by atoms with Gasteiger partial charge in [0, 0.05) is 25.5 Å². The number of ether oxygens (including phenoxy) is 3. The molecule has 1 aliphatic heterocycles. The van der Waals surface area contributed by atoms with Crippen LogP contribution >= 0.6 is 0 Å². The van der Waals surface area contributed by atoms with Crippen molar-refractivity contribution in [3.05, 3.63) is 25.3 Å². The lowest BCUT2D eigenvalue weighted by Crippen LogP contribution is -2.26. The molecule has 0 radical (unpaired) electrons. The molecule has 1 N–H and O–H groups in total. The molecule has 1 heterocycles. The largest absolute Gasteiger partial charge is 0.459 e. The molecular formula is C16H26O5. The van der Waals surface area contributed by atoms with E-state index in [0.29, 0.717) is 25.9 Å². The summed E-state index contributed by atoms with van der Waals surface area (Å²) < 4.78 is 16.2. The Morgan fingerprint density at radius 2 is 2.24 bits per heavy atom. The van der Waals surface area contributed by atoms with Crippen LogP contribution in [-0.2, 0) is 19.0 Å². The lowest BCUT2D eigenvalue weighted by molar-refractivity contribution is -0.166. The van der Waals surface area contributed by atoms with Crippen LogP contribution in [0.3, 0.4) is 0 Å². The number of rotatable bonds is 10. The fourth-order valence-corrected chi connectivity index (χ4v) is 2.19. The topological polar surface area (TPSA) is 65.0 Å². The number of aliphatic hydroxyl groups excluding tert-OH is 1. The Kier molecular flexibility index (Phi) is 8.98. The highest BCUT2D eigenvalue weighted by molar-refractivity contribution is 5.81. The molecule has 0 aromatic heterocycles. The van der Waals surface area contributed by atoms with E-state index in [1.165, 1.54) is 0 Å². The van der Waals surface area contributed by atoms with Crippen LogP contribution in [0.1, 0.15) is 38.5 Å². The van der Waals surface area contributed by atoms with Crippen LogP contribution in [-0.4, -0.2) is 42.8 Å². The highest BCUT2D eigenvalue weighted by Crippen LogP contribution is 2.15. The number of aliphatic hydroxyl groups is 1. The van der Waals surface area contributed by atoms with Crippen molar-refractivity contribution in [1.82, 2.24) is 0 Å². The van der Waals surface area contributed by atoms with E-state index >= 15 is 0 Å². The second kappa shape index (κ2) is 10.5. The summed E-state index contributed by atoms with van der Waals surface area (Å²) in [5, 5.41) is 9.99. The van der Waals surface area contributed by atoms with Gasteiger partial charge in [0.1, 0.15) is 6.10 Å². The maximum Gasteiger partial charge on any atom is 0.330 e. The Labute approximate surface area is 126 Å². The maximum atomic E-state index is 11.2. The van der Waals surface area contributed by atoms with Gasteiger partial charge < -0.3 is 19.3 Å². The SMILES string of the molecule is C=CC[C@H](C[C@@H](O)CCOC1CCCCO1)OC(=O)C=C. The van der Waals surface area contributed by atoms with E-state index < -0.39 is 12.1 Å². The molecule has 5 heteroatoms. The van der Waals surface area contributed by atoms with Crippen molar-refractivity contribution in [1.29, 1.82) is 0 Å². The number of carbonyl (C=O) groups is 1. The van der Waals surface area contributed by atoms with Crippen LogP contribution in [0.15, 0.2) is 25.3 Å². The fraction of sp³-hybridized carbons (Fsp3) is 0.688. The van der Waals surface area contributed by atoms with Crippen LogP contribution in [0.25, 0.3) is 0 Å². The first-order valence-corrected chi connectivity index (χ1v) is 7.51. The summed E-state index contributed by atoms with van der Waals surface area (Å²) in [6, 6.07) is 0. The normalized spacial score (nSPS) is 21.3. The van der Waals surface area contributed by atoms with Gasteiger partial charge in [0.2, 0.25) is 0 Å². The summed E-state index contributed by atoms with van der Waals surface area (Å²) in [6.07, 6.45) is 6.13. The van der Waals surface area contributed by atoms with Gasteiger partial charge in [-0.3, -0.25) is 0 Å². The minimum atomic E-state index is -0.587. The molecular weight excluding hydrogens is 272 g/mol. The molecule has 1 unspecified atom stereocenters. The zero-order valence-corrected chi connectivity index (χ0v) is 12.5. The van der Waals surface area contributed by atoms with Crippen LogP contribution in [0.2, 0.25) is 0 Å². The molecule has 0 aliphatic carbocycles. The van der Waals surface area contributed by atoms with Crippen molar-refractivity contribution in [2.45, 2.75) is 57.0 Å². The molecule has 0 spiro atoms. The van der Waals surface area contributed by atoms with Gasteiger partial charge in [-0.25, -0.2) is 4.79 Å². The van der Waals surface area contributed by atoms with Gasteiger partial charge in [0.25, 0.3) is 0 Å². The summed E-state index contributed by atoms with van der Waals surface area (Å²) in [7, 11) is 0. The van der Waals surface area contributed by atoms with Crippen LogP contribution < -0.4 is 0 Å². The van der Waals surface area contributed by atoms with Gasteiger partial charge in [-0.05, 0) is 25.7 Å². The van der Waals surface area contributed by atoms with Crippen molar-refractivity contribution >= 4 is 5.97 Å². The summed E-state index contributed by atoms with van der Waals surface area (Å²) >= 11 is 0. The monoisotopic (exact) mass is 298 g/mol. The van der Waals surface area contributed by atoms with E-state index in [-0.39, 0.29) is 12.4 Å². The summed E-state index contributed by atoms with van der Waals surface area (Å²) in [5.74, 6) is -0.485. The van der Waals surface area contributed by atoms with Crippen molar-refractivity contribution in [3.63, 3.8) is 0 Å². The summed E-state index contributed by atoms with van der Waals surface area (Å²) in [4.78, 5) is 11.2. The first-order valence-electron chi connectivity index (χ1n) is 7.51. The Balaban J connectivity index is 2.22. The molecule has 5 nitrogen and oxygen atoms in total. The molecule has 0 bridgehead atoms. The predicted octanol–water partition coefficient (Wildman–Crippen LogP) is 2.34. The van der Waals surface area contributed by atoms with Crippen molar-refractivity contribution in [3.8, 4) is 0 Å². The number of esters is 1. The third-order valence-corrected chi connectivity index (χ3v) is 3.31. The Morgan fingerprint density at radius 1 is 1.43 bits per heavy atom. The lowest BCUT2D eigenvalue weighted by Gasteiger charge is -2.24. The molecule has 0 aromatic rings. The molecule has 0 saturated carbocycles. The van der Waals surface area contributed by atoms with E-state index in [2.05, 4.69) is 13.2 Å². The third-order valence-electron chi connectivity index (χ3n) is 3.31. The van der Waals surface area contributed by atoms with Gasteiger partial charge in [-0.1, -0.05) is 12.7 Å². The van der Waals surface area contributed by atoms with E-state index in [4.69, 9.17) is 14.2 Å². The molecule has 0 amide bonds. The van der Waals surface area contributed by atoms with E-state index in [1.54, 1.807) is 6.08 Å². The first kappa shape index (κ1) is 17.9. The fourth-order valence-electron chi connectivity index (χ4n) is 2.19. The molecule has 21 heavy (non-hydrogen) atoms. The molecule has 120 valence electrons. The standard InChI is InChI=1S/C16H26O5/c1-3-7-14(21-15(18)4-2)12-13(17)9-11-20-16-8-5-6-10-19-16/h3-4,13-14,16-17H,1-2,5-12H2/t13-,14+,16?/m0/s1. The average molecular weight is 298 g/mol. The summed E-state index contributed by atoms with van der Waals surface area (Å²) in [6.45, 7) is 8.16. The number of carbonyl (C=O) groups excluding carboxylic acids is 1. The van der Waals surface area contributed by atoms with Crippen molar-refractivity contribution in [2.75, 3.05) is 13.2 Å². The molecule has 0 aromatic carbocycles. The van der Waals surface area contributed by atoms with E-state index in [0.717, 1.165) is 31.9 Å². The first-order chi connectivity index (χ1) is 10.2. The van der Waals surface area contributed by atoms with Gasteiger partial charge in [0.05, 0.1) is 12.7 Å². The van der Waals surface area contributed by atoms with Gasteiger partial charge >= 0.3 is 5.97 Å². The quantitative estimate of drug-likeness (QED) is 0.381. The molecule has 1 aliphatic rings. The number of hydrogen-bond acceptors (Lipinski definition) is 5. The molecule has 1 rings (SSSR count). The lowest BCUT2D eigenvalue weighted by atomic mass is 10.1. The van der Waals surface area contributed by atoms with Crippen LogP contribution in [0.5, 0.6) is 0 Å². The second-order valence-electron chi connectivity index (χ2n) is 5.13. The van der Waals surface area contributed by atoms with Crippen molar-refractivity contribution in [2.24, 2.45) is 0 Å². The minimum Gasteiger partial charge on any atom is -0.459 e. The molecule has 1 fully saturated rings. The van der Waals surface area contributed by atoms with Gasteiger partial charge in [0.15, 0.2) is 6.29 Å². The zero-order valence-electron chi connectivity index (χ0n) is 12.5. The minimum absolute atomic E-state index is 0.145. The highest BCUT2D eigenvalue weighted by atomic mass is 16.7. The van der Waals surface area contributed by atoms with E-state index in [1.807, 2.05) is 0 Å². The smallest absolute Gasteiger partial charge is 0.330 e. The average Bonchev–Trinajstić information content (AvgIpc) is 2.48. The van der Waals surface area contributed by atoms with Gasteiger partial charge in [-0.2, -0.15) is 0 Å². The van der Waals surface area contributed by atoms with Crippen LogP contribution in [0, 0.1) is 0 Å². The summed E-state index contributed by atoms with van der Waals surface area (Å²) in [5.41, 5.74) is 0. The molecule has 1 saturated heterocycles. The maximum absolute atomic E-state index is 11.2. The zero-order chi connectivity index (χ0) is 15.5. The Bertz CT molecular complexity index is 323. The Morgan fingerprint density at radius 3 is 2.86 bits per heavy atom. The number of hydrogen-bond donors (Lipinski definition) is 1. The van der Waals surface area contributed by atoms with E-state index in [9.17, 15) is 9.90 Å². The second-order valence-corrected chi connectivity index (χ2v) is 5.13.